The van der Waals surface area contributed by atoms with Crippen molar-refractivity contribution in [1.29, 1.82) is 0 Å². The van der Waals surface area contributed by atoms with E-state index in [-0.39, 0.29) is 0 Å². The lowest BCUT2D eigenvalue weighted by atomic mass is 10.1. The van der Waals surface area contributed by atoms with Crippen LogP contribution in [0.3, 0.4) is 0 Å². The summed E-state index contributed by atoms with van der Waals surface area (Å²) in [6.45, 7) is 5.17. The molecule has 0 saturated carbocycles. The highest BCUT2D eigenvalue weighted by Crippen LogP contribution is 2.25. The van der Waals surface area contributed by atoms with Gasteiger partial charge in [-0.05, 0) is 55.3 Å². The van der Waals surface area contributed by atoms with Crippen LogP contribution in [0.1, 0.15) is 32.4 Å². The Morgan fingerprint density at radius 1 is 1.29 bits per heavy atom. The molecule has 0 bridgehead atoms. The molecular weight excluding hydrogens is 290 g/mol. The molecule has 2 rings (SSSR count). The van der Waals surface area contributed by atoms with Crippen LogP contribution in [0.5, 0.6) is 0 Å². The number of carbonyl (C=O) groups excluding carboxylic acids is 1. The van der Waals surface area contributed by atoms with Crippen LogP contribution >= 0.6 is 11.3 Å². The van der Waals surface area contributed by atoms with Crippen LogP contribution in [0.15, 0.2) is 29.6 Å². The fourth-order valence-corrected chi connectivity index (χ4v) is 2.65. The fourth-order valence-electron chi connectivity index (χ4n) is 1.88. The summed E-state index contributed by atoms with van der Waals surface area (Å²) < 4.78 is 6.17. The van der Waals surface area contributed by atoms with Gasteiger partial charge in [0.1, 0.15) is 5.60 Å². The van der Waals surface area contributed by atoms with E-state index in [1.807, 2.05) is 17.5 Å². The van der Waals surface area contributed by atoms with Crippen molar-refractivity contribution < 1.29 is 19.4 Å². The summed E-state index contributed by atoms with van der Waals surface area (Å²) in [7, 11) is 0. The van der Waals surface area contributed by atoms with Crippen LogP contribution in [-0.2, 0) is 9.53 Å². The number of amides is 1. The first-order chi connectivity index (χ1) is 9.76. The van der Waals surface area contributed by atoms with Crippen molar-refractivity contribution in [2.75, 3.05) is 0 Å². The zero-order valence-electron chi connectivity index (χ0n) is 12.0. The zero-order valence-corrected chi connectivity index (χ0v) is 12.9. The summed E-state index contributed by atoms with van der Waals surface area (Å²) in [5.74, 6) is -1.13. The van der Waals surface area contributed by atoms with E-state index in [0.29, 0.717) is 5.56 Å². The lowest BCUT2D eigenvalue weighted by Gasteiger charge is -2.22. The minimum atomic E-state index is -1.14. The average molecular weight is 307 g/mol. The minimum Gasteiger partial charge on any atom is -0.479 e. The Labute approximate surface area is 126 Å². The number of thiophene rings is 1. The molecule has 1 aromatic carbocycles. The molecular formula is C15H17NO4S. The third-order valence-electron chi connectivity index (χ3n) is 2.72. The van der Waals surface area contributed by atoms with Gasteiger partial charge >= 0.3 is 12.1 Å². The topological polar surface area (TPSA) is 75.6 Å². The maximum atomic E-state index is 11.8. The Bertz CT molecular complexity index is 672. The predicted molar refractivity (Wildman–Crippen MR) is 81.6 cm³/mol. The molecule has 5 nitrogen and oxygen atoms in total. The highest BCUT2D eigenvalue weighted by molar-refractivity contribution is 7.17. The zero-order chi connectivity index (χ0) is 15.6. The van der Waals surface area contributed by atoms with Crippen molar-refractivity contribution in [2.24, 2.45) is 0 Å². The number of nitrogens with one attached hydrogen (secondary N) is 1. The van der Waals surface area contributed by atoms with Crippen LogP contribution in [0.25, 0.3) is 10.1 Å². The summed E-state index contributed by atoms with van der Waals surface area (Å²) in [6.07, 6.45) is -0.750. The monoisotopic (exact) mass is 307 g/mol. The molecule has 6 heteroatoms. The van der Waals surface area contributed by atoms with E-state index < -0.39 is 23.7 Å². The van der Waals surface area contributed by atoms with Crippen molar-refractivity contribution in [3.8, 4) is 0 Å². The van der Waals surface area contributed by atoms with Gasteiger partial charge < -0.3 is 15.2 Å². The summed E-state index contributed by atoms with van der Waals surface area (Å²) in [6, 6.07) is 6.10. The molecule has 1 unspecified atom stereocenters. The summed E-state index contributed by atoms with van der Waals surface area (Å²) in [4.78, 5) is 23.2. The van der Waals surface area contributed by atoms with Gasteiger partial charge in [0.2, 0.25) is 0 Å². The van der Waals surface area contributed by atoms with E-state index in [1.165, 1.54) is 0 Å². The Kier molecular flexibility index (Phi) is 4.18. The Morgan fingerprint density at radius 3 is 2.62 bits per heavy atom. The van der Waals surface area contributed by atoms with E-state index >= 15 is 0 Å². The third-order valence-corrected chi connectivity index (χ3v) is 3.62. The first-order valence-electron chi connectivity index (χ1n) is 6.46. The number of carboxylic acid groups (broad SMARTS) is 1. The second-order valence-corrected chi connectivity index (χ2v) is 6.58. The van der Waals surface area contributed by atoms with Crippen molar-refractivity contribution in [3.63, 3.8) is 0 Å². The van der Waals surface area contributed by atoms with Crippen LogP contribution in [0.2, 0.25) is 0 Å². The molecule has 2 N–H and O–H groups in total. The number of carboxylic acids is 1. The van der Waals surface area contributed by atoms with Crippen molar-refractivity contribution in [2.45, 2.75) is 32.4 Å². The van der Waals surface area contributed by atoms with Crippen molar-refractivity contribution >= 4 is 33.5 Å². The molecule has 0 radical (unpaired) electrons. The lowest BCUT2D eigenvalue weighted by molar-refractivity contribution is -0.139. The Hall–Kier alpha value is -2.08. The molecule has 1 amide bonds. The number of fused-ring (bicyclic) bond motifs is 1. The number of hydrogen-bond donors (Lipinski definition) is 2. The molecule has 0 fully saturated rings. The normalized spacial score (nSPS) is 12.9. The molecule has 0 aliphatic carbocycles. The number of carbonyl (C=O) groups is 2. The van der Waals surface area contributed by atoms with E-state index in [4.69, 9.17) is 4.74 Å². The number of aliphatic carboxylic acids is 1. The molecule has 112 valence electrons. The van der Waals surface area contributed by atoms with Crippen LogP contribution in [-0.4, -0.2) is 22.8 Å². The largest absolute Gasteiger partial charge is 0.479 e. The van der Waals surface area contributed by atoms with Gasteiger partial charge in [-0.25, -0.2) is 9.59 Å². The number of hydrogen-bond acceptors (Lipinski definition) is 4. The predicted octanol–water partition coefficient (Wildman–Crippen LogP) is 3.55. The summed E-state index contributed by atoms with van der Waals surface area (Å²) in [5.41, 5.74) is -0.163. The molecule has 0 aliphatic heterocycles. The van der Waals surface area contributed by atoms with E-state index in [0.717, 1.165) is 10.1 Å². The van der Waals surface area contributed by atoms with Gasteiger partial charge in [0.15, 0.2) is 6.04 Å². The average Bonchev–Trinajstić information content (AvgIpc) is 2.80. The van der Waals surface area contributed by atoms with Gasteiger partial charge in [-0.1, -0.05) is 6.07 Å². The molecule has 0 spiro atoms. The summed E-state index contributed by atoms with van der Waals surface area (Å²) in [5, 5.41) is 14.6. The molecule has 2 aromatic rings. The van der Waals surface area contributed by atoms with Crippen LogP contribution < -0.4 is 5.32 Å². The number of ether oxygens (including phenoxy) is 1. The quantitative estimate of drug-likeness (QED) is 0.909. The molecule has 1 atom stereocenters. The van der Waals surface area contributed by atoms with Gasteiger partial charge in [0, 0.05) is 4.70 Å². The number of benzene rings is 1. The van der Waals surface area contributed by atoms with E-state index in [2.05, 4.69) is 5.32 Å². The Balaban J connectivity index is 2.22. The highest BCUT2D eigenvalue weighted by atomic mass is 32.1. The SMILES string of the molecule is CC(C)(C)OC(=O)NC(C(=O)O)c1ccc2sccc2c1. The van der Waals surface area contributed by atoms with Gasteiger partial charge in [-0.15, -0.1) is 11.3 Å². The van der Waals surface area contributed by atoms with E-state index in [9.17, 15) is 14.7 Å². The smallest absolute Gasteiger partial charge is 0.408 e. The molecule has 0 saturated heterocycles. The van der Waals surface area contributed by atoms with Crippen LogP contribution in [0.4, 0.5) is 4.79 Å². The lowest BCUT2D eigenvalue weighted by Crippen LogP contribution is -2.38. The fraction of sp³-hybridized carbons (Fsp3) is 0.333. The second-order valence-electron chi connectivity index (χ2n) is 5.64. The van der Waals surface area contributed by atoms with Gasteiger partial charge in [0.25, 0.3) is 0 Å². The first-order valence-corrected chi connectivity index (χ1v) is 7.34. The van der Waals surface area contributed by atoms with Gasteiger partial charge in [-0.3, -0.25) is 0 Å². The third kappa shape index (κ3) is 3.95. The molecule has 21 heavy (non-hydrogen) atoms. The number of alkyl carbamates (subject to hydrolysis) is 1. The standard InChI is InChI=1S/C15H17NO4S/c1-15(2,3)20-14(19)16-12(13(17)18)10-4-5-11-9(8-10)6-7-21-11/h4-8,12H,1-3H3,(H,16,19)(H,17,18). The maximum Gasteiger partial charge on any atom is 0.408 e. The minimum absolute atomic E-state index is 0.513. The van der Waals surface area contributed by atoms with Crippen molar-refractivity contribution in [3.05, 3.63) is 35.2 Å². The maximum absolute atomic E-state index is 11.8. The van der Waals surface area contributed by atoms with Gasteiger partial charge in [-0.2, -0.15) is 0 Å². The Morgan fingerprint density at radius 2 is 2.00 bits per heavy atom. The molecule has 0 aliphatic rings. The van der Waals surface area contributed by atoms with E-state index in [1.54, 1.807) is 44.2 Å². The molecule has 1 aromatic heterocycles. The highest BCUT2D eigenvalue weighted by Gasteiger charge is 2.25. The first kappa shape index (κ1) is 15.3. The molecule has 1 heterocycles. The number of rotatable bonds is 3. The second kappa shape index (κ2) is 5.73. The summed E-state index contributed by atoms with van der Waals surface area (Å²) >= 11 is 1.58. The van der Waals surface area contributed by atoms with Crippen molar-refractivity contribution in [1.82, 2.24) is 5.32 Å². The van der Waals surface area contributed by atoms with Gasteiger partial charge in [0.05, 0.1) is 0 Å². The van der Waals surface area contributed by atoms with Crippen LogP contribution in [0, 0.1) is 0 Å².